The third-order valence-electron chi connectivity index (χ3n) is 3.46. The minimum atomic E-state index is -0.145. The van der Waals surface area contributed by atoms with Gasteiger partial charge in [0.25, 0.3) is 5.91 Å². The van der Waals surface area contributed by atoms with Crippen LogP contribution in [-0.2, 0) is 0 Å². The molecule has 20 heavy (non-hydrogen) atoms. The fourth-order valence-electron chi connectivity index (χ4n) is 2.48. The van der Waals surface area contributed by atoms with Gasteiger partial charge in [0.15, 0.2) is 0 Å². The number of phenolic OH excluding ortho intramolecular Hbond substituents is 1. The summed E-state index contributed by atoms with van der Waals surface area (Å²) >= 11 is 0. The van der Waals surface area contributed by atoms with Crippen LogP contribution in [0.15, 0.2) is 30.3 Å². The highest BCUT2D eigenvalue weighted by Crippen LogP contribution is 2.25. The minimum absolute atomic E-state index is 0.145. The fourth-order valence-corrected chi connectivity index (χ4v) is 2.48. The number of carbonyl (C=O) groups is 1. The molecule has 0 bridgehead atoms. The molecule has 0 aliphatic rings. The highest BCUT2D eigenvalue weighted by Gasteiger charge is 2.14. The lowest BCUT2D eigenvalue weighted by atomic mass is 9.99. The summed E-state index contributed by atoms with van der Waals surface area (Å²) in [7, 11) is 0. The number of aryl methyl sites for hydroxylation is 3. The monoisotopic (exact) mass is 269 g/mol. The normalized spacial score (nSPS) is 10.4. The van der Waals surface area contributed by atoms with E-state index in [-0.39, 0.29) is 11.7 Å². The maximum absolute atomic E-state index is 12.4. The molecule has 0 unspecified atom stereocenters. The quantitative estimate of drug-likeness (QED) is 0.869. The summed E-state index contributed by atoms with van der Waals surface area (Å²) in [5, 5.41) is 12.5. The van der Waals surface area contributed by atoms with E-state index in [0.29, 0.717) is 16.8 Å². The van der Waals surface area contributed by atoms with Gasteiger partial charge in [0.05, 0.1) is 0 Å². The average molecular weight is 269 g/mol. The van der Waals surface area contributed by atoms with Crippen molar-refractivity contribution in [3.8, 4) is 5.75 Å². The van der Waals surface area contributed by atoms with Crippen LogP contribution in [0.4, 0.5) is 5.69 Å². The molecule has 2 N–H and O–H groups in total. The van der Waals surface area contributed by atoms with Crippen molar-refractivity contribution in [2.24, 2.45) is 0 Å². The summed E-state index contributed by atoms with van der Waals surface area (Å²) in [6.45, 7) is 7.66. The van der Waals surface area contributed by atoms with Gasteiger partial charge in [-0.05, 0) is 51.0 Å². The molecule has 0 radical (unpaired) electrons. The number of aromatic hydroxyl groups is 1. The molecule has 2 rings (SSSR count). The van der Waals surface area contributed by atoms with Gasteiger partial charge in [-0.15, -0.1) is 0 Å². The first-order valence-electron chi connectivity index (χ1n) is 6.58. The van der Waals surface area contributed by atoms with Gasteiger partial charge in [-0.3, -0.25) is 4.79 Å². The zero-order valence-corrected chi connectivity index (χ0v) is 12.2. The van der Waals surface area contributed by atoms with Crippen molar-refractivity contribution in [1.82, 2.24) is 0 Å². The Bertz CT molecular complexity index is 652. The summed E-state index contributed by atoms with van der Waals surface area (Å²) in [4.78, 5) is 12.4. The van der Waals surface area contributed by atoms with Crippen LogP contribution in [0.25, 0.3) is 0 Å². The number of anilines is 1. The topological polar surface area (TPSA) is 49.3 Å². The first kappa shape index (κ1) is 14.1. The van der Waals surface area contributed by atoms with Gasteiger partial charge in [-0.2, -0.15) is 0 Å². The van der Waals surface area contributed by atoms with Crippen molar-refractivity contribution in [1.29, 1.82) is 0 Å². The minimum Gasteiger partial charge on any atom is -0.508 e. The molecule has 1 amide bonds. The third-order valence-corrected chi connectivity index (χ3v) is 3.46. The number of phenols is 1. The van der Waals surface area contributed by atoms with Gasteiger partial charge in [0, 0.05) is 16.8 Å². The summed E-state index contributed by atoms with van der Waals surface area (Å²) in [6, 6.07) is 9.10. The molecule has 0 aliphatic carbocycles. The van der Waals surface area contributed by atoms with E-state index in [1.54, 1.807) is 25.1 Å². The SMILES string of the molecule is Cc1cc(C)c(C(=O)Nc2cccc(O)c2C)c(C)c1. The molecule has 104 valence electrons. The van der Waals surface area contributed by atoms with Crippen molar-refractivity contribution in [3.63, 3.8) is 0 Å². The van der Waals surface area contributed by atoms with Crippen molar-refractivity contribution in [3.05, 3.63) is 58.1 Å². The highest BCUT2D eigenvalue weighted by atomic mass is 16.3. The molecule has 0 saturated heterocycles. The van der Waals surface area contributed by atoms with Crippen molar-refractivity contribution < 1.29 is 9.90 Å². The Morgan fingerprint density at radius 2 is 1.65 bits per heavy atom. The number of nitrogens with one attached hydrogen (secondary N) is 1. The van der Waals surface area contributed by atoms with Crippen LogP contribution in [-0.4, -0.2) is 11.0 Å². The number of rotatable bonds is 2. The Hall–Kier alpha value is -2.29. The number of amides is 1. The van der Waals surface area contributed by atoms with Crippen molar-refractivity contribution in [2.45, 2.75) is 27.7 Å². The number of carbonyl (C=O) groups excluding carboxylic acids is 1. The highest BCUT2D eigenvalue weighted by molar-refractivity contribution is 6.06. The first-order chi connectivity index (χ1) is 9.40. The molecule has 0 aliphatic heterocycles. The van der Waals surface area contributed by atoms with Gasteiger partial charge in [-0.1, -0.05) is 23.8 Å². The number of benzene rings is 2. The lowest BCUT2D eigenvalue weighted by molar-refractivity contribution is 0.102. The van der Waals surface area contributed by atoms with E-state index in [4.69, 9.17) is 0 Å². The van der Waals surface area contributed by atoms with Crippen molar-refractivity contribution in [2.75, 3.05) is 5.32 Å². The van der Waals surface area contributed by atoms with Gasteiger partial charge in [-0.25, -0.2) is 0 Å². The molecule has 0 aromatic heterocycles. The summed E-state index contributed by atoms with van der Waals surface area (Å²) < 4.78 is 0. The molecule has 0 fully saturated rings. The van der Waals surface area contributed by atoms with Gasteiger partial charge in [0.2, 0.25) is 0 Å². The Kier molecular flexibility index (Phi) is 3.79. The number of hydrogen-bond acceptors (Lipinski definition) is 2. The van der Waals surface area contributed by atoms with E-state index in [9.17, 15) is 9.90 Å². The molecule has 0 heterocycles. The summed E-state index contributed by atoms with van der Waals surface area (Å²) in [6.07, 6.45) is 0. The van der Waals surface area contributed by atoms with Crippen LogP contribution >= 0.6 is 0 Å². The lowest BCUT2D eigenvalue weighted by Gasteiger charge is -2.13. The fraction of sp³-hybridized carbons (Fsp3) is 0.235. The molecule has 3 heteroatoms. The zero-order valence-electron chi connectivity index (χ0n) is 12.2. The maximum Gasteiger partial charge on any atom is 0.256 e. The van der Waals surface area contributed by atoms with Gasteiger partial charge >= 0.3 is 0 Å². The van der Waals surface area contributed by atoms with Crippen molar-refractivity contribution >= 4 is 11.6 Å². The van der Waals surface area contributed by atoms with E-state index >= 15 is 0 Å². The Labute approximate surface area is 119 Å². The average Bonchev–Trinajstić information content (AvgIpc) is 2.33. The van der Waals surface area contributed by atoms with Gasteiger partial charge < -0.3 is 10.4 Å². The standard InChI is InChI=1S/C17H19NO2/c1-10-8-11(2)16(12(3)9-10)17(20)18-14-6-5-7-15(19)13(14)4/h5-9,19H,1-4H3,(H,18,20). The maximum atomic E-state index is 12.4. The third kappa shape index (κ3) is 2.67. The van der Waals surface area contributed by atoms with Crippen LogP contribution in [0.5, 0.6) is 5.75 Å². The molecule has 3 nitrogen and oxygen atoms in total. The molecule has 0 atom stereocenters. The number of hydrogen-bond donors (Lipinski definition) is 2. The molecule has 0 saturated carbocycles. The Balaban J connectivity index is 2.36. The van der Waals surface area contributed by atoms with Gasteiger partial charge in [0.1, 0.15) is 5.75 Å². The summed E-state index contributed by atoms with van der Waals surface area (Å²) in [5.41, 5.74) is 5.05. The van der Waals surface area contributed by atoms with E-state index in [0.717, 1.165) is 16.7 Å². The van der Waals surface area contributed by atoms with Crippen LogP contribution in [0.1, 0.15) is 32.6 Å². The van der Waals surface area contributed by atoms with E-state index in [1.807, 2.05) is 32.9 Å². The lowest BCUT2D eigenvalue weighted by Crippen LogP contribution is -2.16. The molecule has 2 aromatic carbocycles. The first-order valence-corrected chi connectivity index (χ1v) is 6.58. The second-order valence-electron chi connectivity index (χ2n) is 5.18. The smallest absolute Gasteiger partial charge is 0.256 e. The Morgan fingerprint density at radius 3 is 2.25 bits per heavy atom. The predicted molar refractivity (Wildman–Crippen MR) is 81.5 cm³/mol. The van der Waals surface area contributed by atoms with E-state index < -0.39 is 0 Å². The molecular weight excluding hydrogens is 250 g/mol. The van der Waals surface area contributed by atoms with Crippen LogP contribution in [0.3, 0.4) is 0 Å². The van der Waals surface area contributed by atoms with E-state index in [1.165, 1.54) is 0 Å². The second-order valence-corrected chi connectivity index (χ2v) is 5.18. The van der Waals surface area contributed by atoms with Crippen LogP contribution < -0.4 is 5.32 Å². The Morgan fingerprint density at radius 1 is 1.05 bits per heavy atom. The molecule has 2 aromatic rings. The second kappa shape index (κ2) is 5.37. The van der Waals surface area contributed by atoms with Crippen LogP contribution in [0, 0.1) is 27.7 Å². The molecule has 0 spiro atoms. The molecular formula is C17H19NO2. The predicted octanol–water partition coefficient (Wildman–Crippen LogP) is 3.88. The van der Waals surface area contributed by atoms with E-state index in [2.05, 4.69) is 5.32 Å². The zero-order chi connectivity index (χ0) is 14.9. The largest absolute Gasteiger partial charge is 0.508 e. The summed E-state index contributed by atoms with van der Waals surface area (Å²) in [5.74, 6) is 0.0360. The van der Waals surface area contributed by atoms with Crippen LogP contribution in [0.2, 0.25) is 0 Å².